The van der Waals surface area contributed by atoms with Crippen LogP contribution < -0.4 is 10.6 Å². The predicted octanol–water partition coefficient (Wildman–Crippen LogP) is -0.278. The molecule has 0 aliphatic rings. The minimum Gasteiger partial charge on any atom is -0.444 e. The van der Waals surface area contributed by atoms with Crippen molar-refractivity contribution in [3.8, 4) is 24.7 Å². The molecule has 22 heavy (non-hydrogen) atoms. The Morgan fingerprint density at radius 2 is 1.41 bits per heavy atom. The quantitative estimate of drug-likeness (QED) is 0.661. The number of hydrogen-bond donors (Lipinski definition) is 2. The number of rotatable bonds is 6. The summed E-state index contributed by atoms with van der Waals surface area (Å²) in [5.74, 6) is 2.69. The number of nitrogens with zero attached hydrogens (tertiary/aromatic N) is 1. The fourth-order valence-electron chi connectivity index (χ4n) is 1.33. The highest BCUT2D eigenvalue weighted by atomic mass is 16.6. The van der Waals surface area contributed by atoms with Crippen molar-refractivity contribution in [3.05, 3.63) is 0 Å². The molecule has 0 aliphatic carbocycles. The normalized spacial score (nSPS) is 9.86. The molecule has 0 heterocycles. The molecule has 0 fully saturated rings. The monoisotopic (exact) mass is 307 g/mol. The summed E-state index contributed by atoms with van der Waals surface area (Å²) in [6.07, 6.45) is 9.30. The molecule has 0 saturated heterocycles. The molecule has 0 aromatic carbocycles. The second-order valence-corrected chi connectivity index (χ2v) is 5.27. The van der Waals surface area contributed by atoms with Gasteiger partial charge in [0.15, 0.2) is 0 Å². The van der Waals surface area contributed by atoms with Crippen LogP contribution in [-0.4, -0.2) is 54.6 Å². The van der Waals surface area contributed by atoms with Gasteiger partial charge in [-0.2, -0.15) is 0 Å². The topological polar surface area (TPSA) is 87.7 Å². The summed E-state index contributed by atoms with van der Waals surface area (Å²) in [7, 11) is 0. The fourth-order valence-corrected chi connectivity index (χ4v) is 1.33. The van der Waals surface area contributed by atoms with E-state index < -0.39 is 23.5 Å². The number of carbonyl (C=O) groups excluding carboxylic acids is 3. The Morgan fingerprint density at radius 3 is 1.73 bits per heavy atom. The number of hydrogen-bond acceptors (Lipinski definition) is 4. The maximum absolute atomic E-state index is 12.0. The lowest BCUT2D eigenvalue weighted by Crippen LogP contribution is -2.44. The van der Waals surface area contributed by atoms with E-state index in [1.54, 1.807) is 20.8 Å². The Bertz CT molecular complexity index is 462. The Balaban J connectivity index is 4.52. The van der Waals surface area contributed by atoms with Gasteiger partial charge in [-0.1, -0.05) is 0 Å². The molecule has 0 radical (unpaired) electrons. The third-order valence-electron chi connectivity index (χ3n) is 2.25. The molecule has 0 rings (SSSR count). The first-order chi connectivity index (χ1) is 10.2. The van der Waals surface area contributed by atoms with Gasteiger partial charge in [0.2, 0.25) is 0 Å². The maximum atomic E-state index is 12.0. The molecule has 7 nitrogen and oxygen atoms in total. The van der Waals surface area contributed by atoms with Crippen molar-refractivity contribution in [2.45, 2.75) is 26.4 Å². The van der Waals surface area contributed by atoms with Crippen LogP contribution in [0.5, 0.6) is 0 Å². The second-order valence-electron chi connectivity index (χ2n) is 5.27. The van der Waals surface area contributed by atoms with E-state index in [1.165, 1.54) is 4.90 Å². The van der Waals surface area contributed by atoms with Gasteiger partial charge in [0.05, 0.1) is 0 Å². The highest BCUT2D eigenvalue weighted by Crippen LogP contribution is 2.09. The molecule has 0 aromatic heterocycles. The molecule has 0 aliphatic heterocycles. The van der Waals surface area contributed by atoms with Crippen LogP contribution in [0.25, 0.3) is 0 Å². The van der Waals surface area contributed by atoms with E-state index in [9.17, 15) is 14.4 Å². The molecule has 0 saturated carbocycles. The average Bonchev–Trinajstić information content (AvgIpc) is 2.43. The van der Waals surface area contributed by atoms with E-state index in [1.807, 2.05) is 11.8 Å². The van der Waals surface area contributed by atoms with Crippen molar-refractivity contribution in [1.82, 2.24) is 15.5 Å². The minimum absolute atomic E-state index is 0.172. The third kappa shape index (κ3) is 9.27. The van der Waals surface area contributed by atoms with Gasteiger partial charge in [0.25, 0.3) is 11.8 Å². The first-order valence-electron chi connectivity index (χ1n) is 6.66. The van der Waals surface area contributed by atoms with Crippen molar-refractivity contribution in [3.63, 3.8) is 0 Å². The number of amides is 3. The highest BCUT2D eigenvalue weighted by Gasteiger charge is 2.21. The van der Waals surface area contributed by atoms with Gasteiger partial charge in [-0.3, -0.25) is 9.59 Å². The van der Waals surface area contributed by atoms with E-state index in [0.29, 0.717) is 0 Å². The van der Waals surface area contributed by atoms with Crippen LogP contribution in [0.4, 0.5) is 4.79 Å². The smallest absolute Gasteiger partial charge is 0.410 e. The molecule has 120 valence electrons. The van der Waals surface area contributed by atoms with E-state index in [-0.39, 0.29) is 26.2 Å². The first kappa shape index (κ1) is 19.3. The zero-order valence-electron chi connectivity index (χ0n) is 13.1. The van der Waals surface area contributed by atoms with Crippen molar-refractivity contribution in [2.75, 3.05) is 26.2 Å². The first-order valence-corrected chi connectivity index (χ1v) is 6.66. The van der Waals surface area contributed by atoms with Gasteiger partial charge < -0.3 is 20.3 Å². The second kappa shape index (κ2) is 9.30. The van der Waals surface area contributed by atoms with Crippen LogP contribution in [0.3, 0.4) is 0 Å². The van der Waals surface area contributed by atoms with Crippen molar-refractivity contribution in [1.29, 1.82) is 0 Å². The Hall–Kier alpha value is -2.67. The molecule has 7 heteroatoms. The number of ether oxygens (including phenoxy) is 1. The molecule has 0 unspecified atom stereocenters. The summed E-state index contributed by atoms with van der Waals surface area (Å²) in [5.41, 5.74) is -0.653. The van der Waals surface area contributed by atoms with Crippen LogP contribution in [0.2, 0.25) is 0 Å². The fraction of sp³-hybridized carbons (Fsp3) is 0.533. The zero-order valence-corrected chi connectivity index (χ0v) is 13.1. The summed E-state index contributed by atoms with van der Waals surface area (Å²) in [6, 6.07) is 0. The van der Waals surface area contributed by atoms with Gasteiger partial charge in [0, 0.05) is 26.2 Å². The van der Waals surface area contributed by atoms with Crippen molar-refractivity contribution >= 4 is 17.9 Å². The lowest BCUT2D eigenvalue weighted by atomic mass is 10.2. The Labute approximate surface area is 130 Å². The van der Waals surface area contributed by atoms with Gasteiger partial charge in [0.1, 0.15) is 5.60 Å². The molecule has 0 atom stereocenters. The van der Waals surface area contributed by atoms with Gasteiger partial charge >= 0.3 is 6.09 Å². The van der Waals surface area contributed by atoms with Crippen LogP contribution in [0, 0.1) is 24.7 Å². The minimum atomic E-state index is -0.653. The molecule has 0 bridgehead atoms. The van der Waals surface area contributed by atoms with Crippen LogP contribution in [0.1, 0.15) is 20.8 Å². The molecule has 0 aromatic rings. The summed E-state index contributed by atoms with van der Waals surface area (Å²) in [5, 5.41) is 4.89. The summed E-state index contributed by atoms with van der Waals surface area (Å²) in [6.45, 7) is 5.94. The molecule has 2 N–H and O–H groups in total. The van der Waals surface area contributed by atoms with E-state index in [2.05, 4.69) is 10.6 Å². The van der Waals surface area contributed by atoms with Gasteiger partial charge in [-0.15, -0.1) is 12.8 Å². The Morgan fingerprint density at radius 1 is 1.00 bits per heavy atom. The predicted molar refractivity (Wildman–Crippen MR) is 81.5 cm³/mol. The number of terminal acetylenes is 2. The largest absolute Gasteiger partial charge is 0.444 e. The summed E-state index contributed by atoms with van der Waals surface area (Å²) >= 11 is 0. The van der Waals surface area contributed by atoms with Crippen molar-refractivity contribution < 1.29 is 19.1 Å². The average molecular weight is 307 g/mol. The molecular weight excluding hydrogens is 286 g/mol. The van der Waals surface area contributed by atoms with Crippen molar-refractivity contribution in [2.24, 2.45) is 0 Å². The van der Waals surface area contributed by atoms with Crippen LogP contribution in [0.15, 0.2) is 0 Å². The number of carbonyl (C=O) groups is 3. The SMILES string of the molecule is C#CC(=O)NCCN(CCNC(=O)C#C)C(=O)OC(C)(C)C. The van der Waals surface area contributed by atoms with E-state index in [0.717, 1.165) is 0 Å². The third-order valence-corrected chi connectivity index (χ3v) is 2.25. The van der Waals surface area contributed by atoms with Crippen LogP contribution >= 0.6 is 0 Å². The maximum Gasteiger partial charge on any atom is 0.410 e. The standard InChI is InChI=1S/C15H21N3O4/c1-6-12(19)16-8-10-18(11-9-17-13(20)7-2)14(21)22-15(3,4)5/h1-2H,8-11H2,3-5H3,(H,16,19)(H,17,20). The lowest BCUT2D eigenvalue weighted by Gasteiger charge is -2.27. The highest BCUT2D eigenvalue weighted by molar-refractivity contribution is 5.93. The van der Waals surface area contributed by atoms with E-state index >= 15 is 0 Å². The number of nitrogens with one attached hydrogen (secondary N) is 2. The molecule has 0 spiro atoms. The van der Waals surface area contributed by atoms with Gasteiger partial charge in [-0.05, 0) is 32.6 Å². The van der Waals surface area contributed by atoms with E-state index in [4.69, 9.17) is 17.6 Å². The molecule has 3 amide bonds. The molecular formula is C15H21N3O4. The summed E-state index contributed by atoms with van der Waals surface area (Å²) < 4.78 is 5.25. The van der Waals surface area contributed by atoms with Crippen LogP contribution in [-0.2, 0) is 14.3 Å². The van der Waals surface area contributed by atoms with Gasteiger partial charge in [-0.25, -0.2) is 4.79 Å². The lowest BCUT2D eigenvalue weighted by molar-refractivity contribution is -0.116. The zero-order chi connectivity index (χ0) is 17.2. The summed E-state index contributed by atoms with van der Waals surface area (Å²) in [4.78, 5) is 35.3. The Kier molecular flexibility index (Phi) is 8.17.